The first-order valence-electron chi connectivity index (χ1n) is 8.96. The van der Waals surface area contributed by atoms with Crippen molar-refractivity contribution >= 4 is 47.1 Å². The minimum atomic E-state index is -1.37. The van der Waals surface area contributed by atoms with Crippen LogP contribution in [0.2, 0.25) is 0 Å². The van der Waals surface area contributed by atoms with Crippen LogP contribution in [0.3, 0.4) is 0 Å². The van der Waals surface area contributed by atoms with Gasteiger partial charge in [-0.25, -0.2) is 4.79 Å². The molecule has 2 amide bonds. The minimum absolute atomic E-state index is 0.0323. The first-order valence-corrected chi connectivity index (χ1v) is 10.4. The Hall–Kier alpha value is -2.26. The molecule has 2 aliphatic rings. The number of β-lactam (4-membered cyclic amide) rings is 1. The maximum atomic E-state index is 12.6. The standard InChI is InChI=1S/C19H21ClN2O6S/c1-19(2)13(18(27)28)22-15(24)12(16(22)29-19)21-14(23)11(17(25)26)7-9-3-5-10(8-20)6-4-9/h3-6,11-13,16H,7-8H2,1-2H3,(H,21,23)(H,25,26)(H,27,28). The van der Waals surface area contributed by atoms with Crippen molar-refractivity contribution in [3.63, 3.8) is 0 Å². The van der Waals surface area contributed by atoms with Crippen LogP contribution in [-0.4, -0.2) is 61.1 Å². The fourth-order valence-electron chi connectivity index (χ4n) is 3.69. The summed E-state index contributed by atoms with van der Waals surface area (Å²) in [6, 6.07) is 5.02. The van der Waals surface area contributed by atoms with Gasteiger partial charge in [0, 0.05) is 10.6 Å². The summed E-state index contributed by atoms with van der Waals surface area (Å²) in [7, 11) is 0. The fraction of sp³-hybridized carbons (Fsp3) is 0.474. The van der Waals surface area contributed by atoms with Gasteiger partial charge in [0.05, 0.1) is 0 Å². The van der Waals surface area contributed by atoms with Crippen LogP contribution in [0.5, 0.6) is 0 Å². The lowest BCUT2D eigenvalue weighted by Gasteiger charge is -2.43. The van der Waals surface area contributed by atoms with Gasteiger partial charge in [0.15, 0.2) is 0 Å². The molecule has 4 unspecified atom stereocenters. The van der Waals surface area contributed by atoms with Crippen LogP contribution in [0, 0.1) is 5.92 Å². The number of carbonyl (C=O) groups excluding carboxylic acids is 2. The van der Waals surface area contributed by atoms with E-state index >= 15 is 0 Å². The van der Waals surface area contributed by atoms with E-state index in [9.17, 15) is 29.4 Å². The number of amides is 2. The van der Waals surface area contributed by atoms with Crippen molar-refractivity contribution in [2.75, 3.05) is 0 Å². The average Bonchev–Trinajstić information content (AvgIpc) is 2.92. The molecule has 10 heteroatoms. The molecule has 29 heavy (non-hydrogen) atoms. The third-order valence-corrected chi connectivity index (χ3v) is 7.08. The number of carboxylic acids is 2. The third-order valence-electron chi connectivity index (χ3n) is 5.20. The number of carbonyl (C=O) groups is 4. The lowest BCUT2D eigenvalue weighted by atomic mass is 9.94. The highest BCUT2D eigenvalue weighted by Crippen LogP contribution is 2.50. The molecule has 0 aliphatic carbocycles. The van der Waals surface area contributed by atoms with E-state index in [0.717, 1.165) is 5.56 Å². The van der Waals surface area contributed by atoms with Crippen molar-refractivity contribution in [3.05, 3.63) is 35.4 Å². The van der Waals surface area contributed by atoms with E-state index in [-0.39, 0.29) is 6.42 Å². The van der Waals surface area contributed by atoms with Crippen molar-refractivity contribution in [1.82, 2.24) is 10.2 Å². The minimum Gasteiger partial charge on any atom is -0.481 e. The van der Waals surface area contributed by atoms with Crippen LogP contribution in [0.15, 0.2) is 24.3 Å². The van der Waals surface area contributed by atoms with Crippen molar-refractivity contribution in [3.8, 4) is 0 Å². The lowest BCUT2D eigenvalue weighted by molar-refractivity contribution is -0.161. The van der Waals surface area contributed by atoms with Gasteiger partial charge in [-0.15, -0.1) is 23.4 Å². The first-order chi connectivity index (χ1) is 13.6. The van der Waals surface area contributed by atoms with Crippen LogP contribution in [0.25, 0.3) is 0 Å². The average molecular weight is 441 g/mol. The number of carboxylic acid groups (broad SMARTS) is 2. The second kappa shape index (κ2) is 7.87. The molecule has 1 aromatic carbocycles. The van der Waals surface area contributed by atoms with Crippen molar-refractivity contribution in [2.45, 2.75) is 48.4 Å². The number of hydrogen-bond donors (Lipinski definition) is 3. The molecule has 1 aromatic rings. The molecule has 8 nitrogen and oxygen atoms in total. The van der Waals surface area contributed by atoms with E-state index in [2.05, 4.69) is 5.32 Å². The van der Waals surface area contributed by atoms with Gasteiger partial charge < -0.3 is 20.4 Å². The zero-order valence-corrected chi connectivity index (χ0v) is 17.4. The number of thioether (sulfide) groups is 1. The maximum absolute atomic E-state index is 12.6. The Balaban J connectivity index is 1.70. The number of alkyl halides is 1. The maximum Gasteiger partial charge on any atom is 0.327 e. The highest BCUT2D eigenvalue weighted by Gasteiger charge is 2.64. The summed E-state index contributed by atoms with van der Waals surface area (Å²) in [5.41, 5.74) is 1.53. The Bertz CT molecular complexity index is 859. The normalized spacial score (nSPS) is 25.7. The van der Waals surface area contributed by atoms with Gasteiger partial charge in [-0.3, -0.25) is 14.4 Å². The number of nitrogens with one attached hydrogen (secondary N) is 1. The van der Waals surface area contributed by atoms with Crippen LogP contribution in [0.1, 0.15) is 25.0 Å². The van der Waals surface area contributed by atoms with E-state index in [1.54, 1.807) is 38.1 Å². The molecular formula is C19H21ClN2O6S. The van der Waals surface area contributed by atoms with Crippen LogP contribution in [0.4, 0.5) is 0 Å². The smallest absolute Gasteiger partial charge is 0.327 e. The molecule has 0 bridgehead atoms. The summed E-state index contributed by atoms with van der Waals surface area (Å²) in [5, 5.41) is 20.9. The molecule has 2 heterocycles. The highest BCUT2D eigenvalue weighted by molar-refractivity contribution is 8.01. The van der Waals surface area contributed by atoms with Crippen LogP contribution >= 0.6 is 23.4 Å². The van der Waals surface area contributed by atoms with E-state index in [1.165, 1.54) is 16.7 Å². The van der Waals surface area contributed by atoms with Gasteiger partial charge in [0.1, 0.15) is 23.4 Å². The van der Waals surface area contributed by atoms with Gasteiger partial charge in [-0.2, -0.15) is 0 Å². The number of nitrogens with zero attached hydrogens (tertiary/aromatic N) is 1. The fourth-order valence-corrected chi connectivity index (χ4v) is 5.50. The summed E-state index contributed by atoms with van der Waals surface area (Å²) in [4.78, 5) is 49.5. The number of aliphatic carboxylic acids is 2. The summed E-state index contributed by atoms with van der Waals surface area (Å²) in [6.45, 7) is 3.46. The Morgan fingerprint density at radius 3 is 2.31 bits per heavy atom. The molecule has 0 spiro atoms. The molecular weight excluding hydrogens is 420 g/mol. The van der Waals surface area contributed by atoms with Crippen LogP contribution < -0.4 is 5.32 Å². The zero-order valence-electron chi connectivity index (χ0n) is 15.8. The molecule has 2 aliphatic heterocycles. The molecule has 0 radical (unpaired) electrons. The second-order valence-corrected chi connectivity index (χ2v) is 9.67. The predicted molar refractivity (Wildman–Crippen MR) is 106 cm³/mol. The molecule has 3 N–H and O–H groups in total. The SMILES string of the molecule is CC1(C)SC2C(NC(=O)C(Cc3ccc(CCl)cc3)C(=O)O)C(=O)N2C1C(=O)O. The Morgan fingerprint density at radius 2 is 1.79 bits per heavy atom. The highest BCUT2D eigenvalue weighted by atomic mass is 35.5. The molecule has 0 saturated carbocycles. The number of rotatable bonds is 7. The van der Waals surface area contributed by atoms with Crippen molar-refractivity contribution < 1.29 is 29.4 Å². The van der Waals surface area contributed by atoms with Crippen LogP contribution in [-0.2, 0) is 31.5 Å². The predicted octanol–water partition coefficient (Wildman–Crippen LogP) is 1.30. The number of hydrogen-bond acceptors (Lipinski definition) is 5. The third kappa shape index (κ3) is 3.93. The van der Waals surface area contributed by atoms with Crippen molar-refractivity contribution in [1.29, 1.82) is 0 Å². The summed E-state index contributed by atoms with van der Waals surface area (Å²) in [5.74, 6) is -4.72. The summed E-state index contributed by atoms with van der Waals surface area (Å²) >= 11 is 7.03. The molecule has 3 rings (SSSR count). The van der Waals surface area contributed by atoms with Crippen molar-refractivity contribution in [2.24, 2.45) is 5.92 Å². The quantitative estimate of drug-likeness (QED) is 0.331. The largest absolute Gasteiger partial charge is 0.481 e. The molecule has 2 fully saturated rings. The Labute approximate surface area is 176 Å². The first kappa shape index (κ1) is 21.4. The van der Waals surface area contributed by atoms with Gasteiger partial charge in [-0.05, 0) is 31.4 Å². The van der Waals surface area contributed by atoms with E-state index < -0.39 is 51.9 Å². The second-order valence-electron chi connectivity index (χ2n) is 7.63. The molecule has 0 aromatic heterocycles. The topological polar surface area (TPSA) is 124 Å². The van der Waals surface area contributed by atoms with Gasteiger partial charge in [0.2, 0.25) is 11.8 Å². The number of fused-ring (bicyclic) bond motifs is 1. The summed E-state index contributed by atoms with van der Waals surface area (Å²) < 4.78 is -0.720. The molecule has 2 saturated heterocycles. The molecule has 4 atom stereocenters. The number of halogens is 1. The monoisotopic (exact) mass is 440 g/mol. The van der Waals surface area contributed by atoms with E-state index in [4.69, 9.17) is 11.6 Å². The Morgan fingerprint density at radius 1 is 1.21 bits per heavy atom. The van der Waals surface area contributed by atoms with E-state index in [1.807, 2.05) is 0 Å². The number of benzene rings is 1. The van der Waals surface area contributed by atoms with Gasteiger partial charge in [-0.1, -0.05) is 24.3 Å². The summed E-state index contributed by atoms with van der Waals surface area (Å²) in [6.07, 6.45) is -0.0323. The Kier molecular flexibility index (Phi) is 5.82. The van der Waals surface area contributed by atoms with E-state index in [0.29, 0.717) is 11.4 Å². The zero-order chi connectivity index (χ0) is 21.5. The van der Waals surface area contributed by atoms with Gasteiger partial charge in [0.25, 0.3) is 0 Å². The van der Waals surface area contributed by atoms with Gasteiger partial charge >= 0.3 is 11.9 Å². The lowest BCUT2D eigenvalue weighted by Crippen LogP contribution is -2.71. The molecule has 156 valence electrons.